The Hall–Kier alpha value is -1.09. The van der Waals surface area contributed by atoms with Crippen LogP contribution in [-0.4, -0.2) is 13.1 Å². The van der Waals surface area contributed by atoms with Gasteiger partial charge >= 0.3 is 0 Å². The highest BCUT2D eigenvalue weighted by Gasteiger charge is 2.19. The average Bonchev–Trinajstić information content (AvgIpc) is 2.65. The maximum absolute atomic E-state index is 13.5. The SMILES string of the molecule is CC1CCN(c2ccc(CN)c(F)c2)C1. The largest absolute Gasteiger partial charge is 0.371 e. The van der Waals surface area contributed by atoms with Gasteiger partial charge < -0.3 is 10.6 Å². The number of halogens is 1. The molecule has 1 aromatic carbocycles. The molecule has 0 spiro atoms. The van der Waals surface area contributed by atoms with Crippen LogP contribution < -0.4 is 10.6 Å². The molecule has 2 rings (SSSR count). The molecular weight excluding hydrogens is 191 g/mol. The quantitative estimate of drug-likeness (QED) is 0.806. The third-order valence-electron chi connectivity index (χ3n) is 3.05. The predicted octanol–water partition coefficient (Wildman–Crippen LogP) is 2.13. The first-order chi connectivity index (χ1) is 7.20. The molecule has 0 aliphatic carbocycles. The topological polar surface area (TPSA) is 29.3 Å². The zero-order chi connectivity index (χ0) is 10.8. The molecule has 1 saturated heterocycles. The molecule has 82 valence electrons. The molecule has 0 bridgehead atoms. The molecule has 0 radical (unpaired) electrons. The Balaban J connectivity index is 2.19. The minimum Gasteiger partial charge on any atom is -0.371 e. The summed E-state index contributed by atoms with van der Waals surface area (Å²) in [4.78, 5) is 2.23. The van der Waals surface area contributed by atoms with Gasteiger partial charge in [0, 0.05) is 30.9 Å². The smallest absolute Gasteiger partial charge is 0.129 e. The van der Waals surface area contributed by atoms with Crippen molar-refractivity contribution in [2.24, 2.45) is 11.7 Å². The standard InChI is InChI=1S/C12H17FN2/c1-9-4-5-15(8-9)11-3-2-10(7-14)12(13)6-11/h2-3,6,9H,4-5,7-8,14H2,1H3. The van der Waals surface area contributed by atoms with Crippen LogP contribution in [0.15, 0.2) is 18.2 Å². The van der Waals surface area contributed by atoms with Crippen LogP contribution in [0.2, 0.25) is 0 Å². The summed E-state index contributed by atoms with van der Waals surface area (Å²) in [5, 5.41) is 0. The van der Waals surface area contributed by atoms with Gasteiger partial charge in [-0.3, -0.25) is 0 Å². The van der Waals surface area contributed by atoms with E-state index in [1.165, 1.54) is 6.42 Å². The predicted molar refractivity (Wildman–Crippen MR) is 60.3 cm³/mol. The minimum atomic E-state index is -0.186. The summed E-state index contributed by atoms with van der Waals surface area (Å²) in [5.41, 5.74) is 6.99. The Bertz CT molecular complexity index is 351. The van der Waals surface area contributed by atoms with Crippen LogP contribution >= 0.6 is 0 Å². The van der Waals surface area contributed by atoms with Crippen LogP contribution in [-0.2, 0) is 6.54 Å². The second-order valence-corrected chi connectivity index (χ2v) is 4.32. The third-order valence-corrected chi connectivity index (χ3v) is 3.05. The van der Waals surface area contributed by atoms with E-state index in [4.69, 9.17) is 5.73 Å². The zero-order valence-electron chi connectivity index (χ0n) is 9.04. The van der Waals surface area contributed by atoms with E-state index in [9.17, 15) is 4.39 Å². The molecule has 1 fully saturated rings. The summed E-state index contributed by atoms with van der Waals surface area (Å²) >= 11 is 0. The number of nitrogens with zero attached hydrogens (tertiary/aromatic N) is 1. The molecule has 1 heterocycles. The van der Waals surface area contributed by atoms with E-state index in [0.29, 0.717) is 11.5 Å². The lowest BCUT2D eigenvalue weighted by atomic mass is 10.1. The molecule has 0 saturated carbocycles. The van der Waals surface area contributed by atoms with Crippen molar-refractivity contribution in [3.8, 4) is 0 Å². The van der Waals surface area contributed by atoms with Gasteiger partial charge in [-0.25, -0.2) is 4.39 Å². The summed E-state index contributed by atoms with van der Waals surface area (Å²) in [6, 6.07) is 5.34. The molecule has 1 aliphatic heterocycles. The summed E-state index contributed by atoms with van der Waals surface area (Å²) in [5.74, 6) is 0.525. The highest BCUT2D eigenvalue weighted by molar-refractivity contribution is 5.49. The van der Waals surface area contributed by atoms with Crippen LogP contribution in [0.5, 0.6) is 0 Å². The molecule has 0 amide bonds. The van der Waals surface area contributed by atoms with Gasteiger partial charge in [-0.2, -0.15) is 0 Å². The number of hydrogen-bond donors (Lipinski definition) is 1. The van der Waals surface area contributed by atoms with Crippen molar-refractivity contribution in [1.29, 1.82) is 0 Å². The van der Waals surface area contributed by atoms with Gasteiger partial charge in [0.25, 0.3) is 0 Å². The molecule has 15 heavy (non-hydrogen) atoms. The molecule has 1 aliphatic rings. The fourth-order valence-electron chi connectivity index (χ4n) is 2.07. The average molecular weight is 208 g/mol. The first-order valence-corrected chi connectivity index (χ1v) is 5.44. The highest BCUT2D eigenvalue weighted by atomic mass is 19.1. The number of nitrogens with two attached hydrogens (primary N) is 1. The van der Waals surface area contributed by atoms with E-state index in [2.05, 4.69) is 11.8 Å². The first-order valence-electron chi connectivity index (χ1n) is 5.44. The molecule has 1 aromatic rings. The maximum atomic E-state index is 13.5. The van der Waals surface area contributed by atoms with Crippen LogP contribution in [0, 0.1) is 11.7 Å². The fourth-order valence-corrected chi connectivity index (χ4v) is 2.07. The zero-order valence-corrected chi connectivity index (χ0v) is 9.04. The lowest BCUT2D eigenvalue weighted by Crippen LogP contribution is -2.19. The molecule has 2 N–H and O–H groups in total. The molecule has 1 unspecified atom stereocenters. The Kier molecular flexibility index (Phi) is 2.91. The second kappa shape index (κ2) is 4.19. The van der Waals surface area contributed by atoms with E-state index in [-0.39, 0.29) is 12.4 Å². The normalized spacial score (nSPS) is 21.0. The molecule has 3 heteroatoms. The molecular formula is C12H17FN2. The minimum absolute atomic E-state index is 0.186. The summed E-state index contributed by atoms with van der Waals surface area (Å²) in [6.45, 7) is 4.55. The summed E-state index contributed by atoms with van der Waals surface area (Å²) < 4.78 is 13.5. The van der Waals surface area contributed by atoms with Gasteiger partial charge in [0.15, 0.2) is 0 Å². The van der Waals surface area contributed by atoms with Gasteiger partial charge in [-0.15, -0.1) is 0 Å². The van der Waals surface area contributed by atoms with Crippen LogP contribution in [0.1, 0.15) is 18.9 Å². The number of benzene rings is 1. The first kappa shape index (κ1) is 10.4. The van der Waals surface area contributed by atoms with E-state index in [1.807, 2.05) is 6.07 Å². The van der Waals surface area contributed by atoms with Crippen molar-refractivity contribution in [3.63, 3.8) is 0 Å². The Morgan fingerprint density at radius 2 is 2.33 bits per heavy atom. The van der Waals surface area contributed by atoms with Gasteiger partial charge in [0.2, 0.25) is 0 Å². The van der Waals surface area contributed by atoms with Crippen molar-refractivity contribution in [1.82, 2.24) is 0 Å². The molecule has 1 atom stereocenters. The van der Waals surface area contributed by atoms with Crippen molar-refractivity contribution in [2.45, 2.75) is 19.9 Å². The highest BCUT2D eigenvalue weighted by Crippen LogP contribution is 2.24. The van der Waals surface area contributed by atoms with Gasteiger partial charge in [-0.05, 0) is 24.5 Å². The van der Waals surface area contributed by atoms with E-state index >= 15 is 0 Å². The Morgan fingerprint density at radius 3 is 2.87 bits per heavy atom. The Morgan fingerprint density at radius 1 is 1.53 bits per heavy atom. The third kappa shape index (κ3) is 2.12. The van der Waals surface area contributed by atoms with Gasteiger partial charge in [0.05, 0.1) is 0 Å². The van der Waals surface area contributed by atoms with Crippen LogP contribution in [0.3, 0.4) is 0 Å². The lowest BCUT2D eigenvalue weighted by molar-refractivity contribution is 0.609. The molecule has 0 aromatic heterocycles. The van der Waals surface area contributed by atoms with E-state index in [1.54, 1.807) is 12.1 Å². The van der Waals surface area contributed by atoms with E-state index < -0.39 is 0 Å². The van der Waals surface area contributed by atoms with Crippen LogP contribution in [0.25, 0.3) is 0 Å². The summed E-state index contributed by atoms with van der Waals surface area (Å²) in [7, 11) is 0. The van der Waals surface area contributed by atoms with Gasteiger partial charge in [-0.1, -0.05) is 13.0 Å². The number of rotatable bonds is 2. The Labute approximate surface area is 89.9 Å². The van der Waals surface area contributed by atoms with Crippen molar-refractivity contribution in [2.75, 3.05) is 18.0 Å². The number of hydrogen-bond acceptors (Lipinski definition) is 2. The second-order valence-electron chi connectivity index (χ2n) is 4.32. The van der Waals surface area contributed by atoms with Crippen molar-refractivity contribution in [3.05, 3.63) is 29.6 Å². The fraction of sp³-hybridized carbons (Fsp3) is 0.500. The monoisotopic (exact) mass is 208 g/mol. The summed E-state index contributed by atoms with van der Waals surface area (Å²) in [6.07, 6.45) is 1.19. The van der Waals surface area contributed by atoms with Gasteiger partial charge in [0.1, 0.15) is 5.82 Å². The van der Waals surface area contributed by atoms with E-state index in [0.717, 1.165) is 18.8 Å². The van der Waals surface area contributed by atoms with Crippen molar-refractivity contribution < 1.29 is 4.39 Å². The van der Waals surface area contributed by atoms with Crippen molar-refractivity contribution >= 4 is 5.69 Å². The maximum Gasteiger partial charge on any atom is 0.129 e. The lowest BCUT2D eigenvalue weighted by Gasteiger charge is -2.18. The molecule has 2 nitrogen and oxygen atoms in total. The van der Waals surface area contributed by atoms with Crippen LogP contribution in [0.4, 0.5) is 10.1 Å². The number of anilines is 1.